The number of halogens is 2. The molecule has 11 heteroatoms. The summed E-state index contributed by atoms with van der Waals surface area (Å²) in [5.74, 6) is -0.452. The summed E-state index contributed by atoms with van der Waals surface area (Å²) in [4.78, 5) is -0.161. The van der Waals surface area contributed by atoms with Crippen LogP contribution < -0.4 is 0 Å². The van der Waals surface area contributed by atoms with Crippen molar-refractivity contribution in [1.82, 2.24) is 4.31 Å². The van der Waals surface area contributed by atoms with Crippen LogP contribution in [-0.2, 0) is 19.9 Å². The van der Waals surface area contributed by atoms with Crippen molar-refractivity contribution in [2.24, 2.45) is 0 Å². The van der Waals surface area contributed by atoms with Crippen LogP contribution in [0.2, 0.25) is 10.0 Å². The average Bonchev–Trinajstić information content (AvgIpc) is 2.86. The van der Waals surface area contributed by atoms with Crippen LogP contribution in [0.3, 0.4) is 0 Å². The predicted molar refractivity (Wildman–Crippen MR) is 90.5 cm³/mol. The Bertz CT molecular complexity index is 812. The van der Waals surface area contributed by atoms with Crippen molar-refractivity contribution in [3.05, 3.63) is 28.2 Å². The molecule has 2 N–H and O–H groups in total. The molecular weight excluding hydrogens is 401 g/mol. The third kappa shape index (κ3) is 4.40. The van der Waals surface area contributed by atoms with Gasteiger partial charge < -0.3 is 10.2 Å². The number of aliphatic hydroxyl groups excluding tert-OH is 2. The second kappa shape index (κ2) is 7.45. The number of hydrogen-bond donors (Lipinski definition) is 2. The molecule has 0 amide bonds. The molecule has 0 spiro atoms. The van der Waals surface area contributed by atoms with E-state index < -0.39 is 45.2 Å². The number of sulfone groups is 1. The van der Waals surface area contributed by atoms with Crippen LogP contribution in [0.5, 0.6) is 0 Å². The Morgan fingerprint density at radius 3 is 2.46 bits per heavy atom. The van der Waals surface area contributed by atoms with Gasteiger partial charge in [0.25, 0.3) is 0 Å². The summed E-state index contributed by atoms with van der Waals surface area (Å²) in [6, 6.07) is 2.94. The van der Waals surface area contributed by atoms with E-state index in [9.17, 15) is 21.9 Å². The van der Waals surface area contributed by atoms with E-state index in [0.717, 1.165) is 4.31 Å². The highest BCUT2D eigenvalue weighted by Crippen LogP contribution is 2.29. The van der Waals surface area contributed by atoms with Crippen molar-refractivity contribution in [3.8, 4) is 0 Å². The molecule has 2 atom stereocenters. The largest absolute Gasteiger partial charge is 0.394 e. The van der Waals surface area contributed by atoms with Gasteiger partial charge in [-0.1, -0.05) is 23.2 Å². The molecule has 1 heterocycles. The Labute approximate surface area is 150 Å². The average molecular weight is 418 g/mol. The minimum atomic E-state index is -4.12. The van der Waals surface area contributed by atoms with Crippen molar-refractivity contribution in [2.75, 3.05) is 24.7 Å². The maximum absolute atomic E-state index is 12.9. The summed E-state index contributed by atoms with van der Waals surface area (Å²) in [5, 5.41) is 18.9. The minimum absolute atomic E-state index is 0.0411. The van der Waals surface area contributed by atoms with Crippen LogP contribution in [-0.4, -0.2) is 68.2 Å². The highest BCUT2D eigenvalue weighted by Gasteiger charge is 2.39. The Hall–Kier alpha value is -0.420. The van der Waals surface area contributed by atoms with E-state index in [1.807, 2.05) is 0 Å². The van der Waals surface area contributed by atoms with Gasteiger partial charge in [0.05, 0.1) is 39.2 Å². The van der Waals surface area contributed by atoms with Gasteiger partial charge in [0.1, 0.15) is 0 Å². The summed E-state index contributed by atoms with van der Waals surface area (Å²) in [7, 11) is -7.46. The molecule has 1 aliphatic heterocycles. The number of hydrogen-bond acceptors (Lipinski definition) is 6. The molecule has 24 heavy (non-hydrogen) atoms. The monoisotopic (exact) mass is 417 g/mol. The summed E-state index contributed by atoms with van der Waals surface area (Å²) in [6.45, 7) is -1.06. The molecule has 0 aliphatic carbocycles. The minimum Gasteiger partial charge on any atom is -0.394 e. The normalized spacial score (nSPS) is 22.0. The van der Waals surface area contributed by atoms with Gasteiger partial charge in [0.15, 0.2) is 9.84 Å². The molecule has 1 aromatic carbocycles. The van der Waals surface area contributed by atoms with E-state index in [1.165, 1.54) is 18.2 Å². The fraction of sp³-hybridized carbons (Fsp3) is 0.538. The van der Waals surface area contributed by atoms with Crippen LogP contribution in [0.4, 0.5) is 0 Å². The predicted octanol–water partition coefficient (Wildman–Crippen LogP) is 0.524. The summed E-state index contributed by atoms with van der Waals surface area (Å²) in [5.41, 5.74) is 0. The molecule has 1 saturated heterocycles. The third-order valence-electron chi connectivity index (χ3n) is 3.71. The first-order chi connectivity index (χ1) is 11.1. The second-order valence-electron chi connectivity index (χ2n) is 5.54. The molecule has 0 radical (unpaired) electrons. The first-order valence-corrected chi connectivity index (χ1v) is 11.0. The lowest BCUT2D eigenvalue weighted by atomic mass is 10.2. The topological polar surface area (TPSA) is 112 Å². The molecule has 0 unspecified atom stereocenters. The van der Waals surface area contributed by atoms with E-state index in [0.29, 0.717) is 0 Å². The van der Waals surface area contributed by atoms with Crippen molar-refractivity contribution in [3.63, 3.8) is 0 Å². The smallest absolute Gasteiger partial charge is 0.243 e. The zero-order chi connectivity index (χ0) is 18.1. The first kappa shape index (κ1) is 19.9. The molecule has 2 rings (SSSR count). The lowest BCUT2D eigenvalue weighted by Crippen LogP contribution is -2.46. The van der Waals surface area contributed by atoms with Gasteiger partial charge >= 0.3 is 0 Å². The molecular formula is C13H17Cl2NO6S2. The number of nitrogens with zero attached hydrogens (tertiary/aromatic N) is 1. The Morgan fingerprint density at radius 2 is 1.96 bits per heavy atom. The molecule has 136 valence electrons. The van der Waals surface area contributed by atoms with Crippen LogP contribution in [0, 0.1) is 0 Å². The fourth-order valence-corrected chi connectivity index (χ4v) is 6.39. The third-order valence-corrected chi connectivity index (χ3v) is 8.12. The van der Waals surface area contributed by atoms with Crippen molar-refractivity contribution in [2.45, 2.75) is 23.5 Å². The fourth-order valence-electron chi connectivity index (χ4n) is 2.48. The van der Waals surface area contributed by atoms with Crippen LogP contribution in [0.1, 0.15) is 6.42 Å². The Morgan fingerprint density at radius 1 is 1.29 bits per heavy atom. The van der Waals surface area contributed by atoms with Gasteiger partial charge in [-0.25, -0.2) is 16.8 Å². The zero-order valence-corrected chi connectivity index (χ0v) is 15.6. The van der Waals surface area contributed by atoms with Crippen molar-refractivity contribution >= 4 is 43.1 Å². The molecule has 7 nitrogen and oxygen atoms in total. The maximum Gasteiger partial charge on any atom is 0.243 e. The maximum atomic E-state index is 12.9. The van der Waals surface area contributed by atoms with E-state index in [1.54, 1.807) is 0 Å². The number of rotatable bonds is 6. The van der Waals surface area contributed by atoms with Crippen molar-refractivity contribution < 1.29 is 27.0 Å². The molecule has 0 saturated carbocycles. The summed E-state index contributed by atoms with van der Waals surface area (Å²) >= 11 is 11.7. The van der Waals surface area contributed by atoms with Crippen LogP contribution in [0.25, 0.3) is 0 Å². The molecule has 0 bridgehead atoms. The highest BCUT2D eigenvalue weighted by atomic mass is 35.5. The van der Waals surface area contributed by atoms with Gasteiger partial charge in [0, 0.05) is 12.6 Å². The zero-order valence-electron chi connectivity index (χ0n) is 12.5. The SMILES string of the molecule is O=S1(=O)CC[C@H](N(C[C@@H](O)CO)S(=O)(=O)c2ccc(Cl)c(Cl)c2)C1. The first-order valence-electron chi connectivity index (χ1n) is 7.03. The standard InChI is InChI=1S/C13H17Cl2NO6S2/c14-12-2-1-11(5-13(12)15)24(21,22)16(6-10(18)7-17)9-3-4-23(19,20)8-9/h1-2,5,9-10,17-18H,3-4,6-8H2/t9-,10+/m0/s1. The Balaban J connectivity index is 2.42. The number of sulfonamides is 1. The highest BCUT2D eigenvalue weighted by molar-refractivity contribution is 7.92. The van der Waals surface area contributed by atoms with Gasteiger partial charge in [-0.15, -0.1) is 0 Å². The lowest BCUT2D eigenvalue weighted by Gasteiger charge is -2.29. The van der Waals surface area contributed by atoms with Gasteiger partial charge in [-0.05, 0) is 24.6 Å². The Kier molecular flexibility index (Phi) is 6.17. The van der Waals surface area contributed by atoms with Crippen LogP contribution in [0.15, 0.2) is 23.1 Å². The molecule has 1 aromatic rings. The number of aliphatic hydroxyl groups is 2. The lowest BCUT2D eigenvalue weighted by molar-refractivity contribution is 0.0730. The second-order valence-corrected chi connectivity index (χ2v) is 10.5. The van der Waals surface area contributed by atoms with Gasteiger partial charge in [0.2, 0.25) is 10.0 Å². The summed E-state index contributed by atoms with van der Waals surface area (Å²) < 4.78 is 50.1. The molecule has 1 fully saturated rings. The van der Waals surface area contributed by atoms with E-state index in [4.69, 9.17) is 28.3 Å². The molecule has 1 aliphatic rings. The van der Waals surface area contributed by atoms with Crippen LogP contribution >= 0.6 is 23.2 Å². The van der Waals surface area contributed by atoms with Gasteiger partial charge in [-0.2, -0.15) is 4.31 Å². The summed E-state index contributed by atoms with van der Waals surface area (Å²) in [6.07, 6.45) is -1.20. The molecule has 0 aromatic heterocycles. The van der Waals surface area contributed by atoms with E-state index in [2.05, 4.69) is 0 Å². The van der Waals surface area contributed by atoms with E-state index >= 15 is 0 Å². The number of benzene rings is 1. The van der Waals surface area contributed by atoms with Crippen molar-refractivity contribution in [1.29, 1.82) is 0 Å². The van der Waals surface area contributed by atoms with E-state index in [-0.39, 0.29) is 32.9 Å². The quantitative estimate of drug-likeness (QED) is 0.697. The van der Waals surface area contributed by atoms with Gasteiger partial charge in [-0.3, -0.25) is 0 Å².